The first-order valence-corrected chi connectivity index (χ1v) is 6.16. The van der Waals surface area contributed by atoms with Crippen LogP contribution in [-0.4, -0.2) is 25.7 Å². The van der Waals surface area contributed by atoms with Crippen LogP contribution in [0.4, 0.5) is 0 Å². The van der Waals surface area contributed by atoms with Crippen molar-refractivity contribution in [3.05, 3.63) is 0 Å². The van der Waals surface area contributed by atoms with Crippen molar-refractivity contribution >= 4 is 22.6 Å². The van der Waals surface area contributed by atoms with Gasteiger partial charge in [-0.2, -0.15) is 11.8 Å². The van der Waals surface area contributed by atoms with Gasteiger partial charge in [0.2, 0.25) is 0 Å². The quantitative estimate of drug-likeness (QED) is 0.605. The third-order valence-electron chi connectivity index (χ3n) is 2.19. The molecule has 0 amide bonds. The minimum atomic E-state index is -0.410. The molecule has 0 aliphatic carbocycles. The van der Waals surface area contributed by atoms with Crippen LogP contribution in [0, 0.1) is 0 Å². The Morgan fingerprint density at radius 3 is 2.70 bits per heavy atom. The third kappa shape index (κ3) is 1.40. The van der Waals surface area contributed by atoms with Crippen molar-refractivity contribution in [2.24, 2.45) is 0 Å². The summed E-state index contributed by atoms with van der Waals surface area (Å²) < 4.78 is 10.7. The molecule has 2 fully saturated rings. The molecule has 4 atom stereocenters. The van der Waals surface area contributed by atoms with Crippen LogP contribution in [0.3, 0.4) is 0 Å². The summed E-state index contributed by atoms with van der Waals surface area (Å²) in [5.74, 6) is 0.994. The zero-order chi connectivity index (χ0) is 7.14. The summed E-state index contributed by atoms with van der Waals surface area (Å²) in [5, 5.41) is 2.38. The molecule has 0 N–H and O–H groups in total. The highest BCUT2D eigenvalue weighted by atomic mass is 32.2. The molecule has 0 saturated carbocycles. The van der Waals surface area contributed by atoms with E-state index in [1.807, 2.05) is 0 Å². The summed E-state index contributed by atoms with van der Waals surface area (Å²) in [4.78, 5) is 0. The van der Waals surface area contributed by atoms with Crippen molar-refractivity contribution in [2.45, 2.75) is 35.5 Å². The van der Waals surface area contributed by atoms with Crippen LogP contribution in [-0.2, 0) is 10.8 Å². The Hall–Kier alpha value is 0.500. The SMILES string of the molecule is CCC1SC1CC1CS1=O. The van der Waals surface area contributed by atoms with Crippen molar-refractivity contribution < 1.29 is 4.21 Å². The molecule has 3 heteroatoms. The average molecular weight is 176 g/mol. The van der Waals surface area contributed by atoms with Gasteiger partial charge >= 0.3 is 0 Å². The Balaban J connectivity index is 1.69. The van der Waals surface area contributed by atoms with E-state index in [-0.39, 0.29) is 0 Å². The lowest BCUT2D eigenvalue weighted by Gasteiger charge is -1.88. The van der Waals surface area contributed by atoms with Crippen LogP contribution in [0.2, 0.25) is 0 Å². The van der Waals surface area contributed by atoms with E-state index in [9.17, 15) is 4.21 Å². The molecule has 0 aromatic heterocycles. The van der Waals surface area contributed by atoms with Gasteiger partial charge in [0.1, 0.15) is 0 Å². The fourth-order valence-corrected chi connectivity index (χ4v) is 3.66. The molecule has 0 spiro atoms. The molecule has 2 heterocycles. The van der Waals surface area contributed by atoms with Gasteiger partial charge in [0.25, 0.3) is 0 Å². The Morgan fingerprint density at radius 2 is 2.30 bits per heavy atom. The average Bonchev–Trinajstić information content (AvgIpc) is 2.76. The lowest BCUT2D eigenvalue weighted by molar-refractivity contribution is 0.690. The predicted molar refractivity (Wildman–Crippen MR) is 46.9 cm³/mol. The Bertz CT molecular complexity index is 169. The second-order valence-corrected chi connectivity index (χ2v) is 6.27. The first-order valence-electron chi connectivity index (χ1n) is 3.84. The number of hydrogen-bond donors (Lipinski definition) is 0. The highest BCUT2D eigenvalue weighted by Gasteiger charge is 2.44. The van der Waals surface area contributed by atoms with E-state index in [0.29, 0.717) is 5.25 Å². The second-order valence-electron chi connectivity index (χ2n) is 3.03. The van der Waals surface area contributed by atoms with Crippen molar-refractivity contribution in [3.63, 3.8) is 0 Å². The lowest BCUT2D eigenvalue weighted by atomic mass is 10.2. The maximum Gasteiger partial charge on any atom is 0.0474 e. The van der Waals surface area contributed by atoms with Crippen LogP contribution in [0.15, 0.2) is 0 Å². The molecule has 0 aromatic rings. The van der Waals surface area contributed by atoms with Crippen LogP contribution < -0.4 is 0 Å². The van der Waals surface area contributed by atoms with E-state index in [2.05, 4.69) is 18.7 Å². The highest BCUT2D eigenvalue weighted by molar-refractivity contribution is 8.07. The van der Waals surface area contributed by atoms with Crippen LogP contribution in [0.5, 0.6) is 0 Å². The van der Waals surface area contributed by atoms with Crippen LogP contribution >= 0.6 is 11.8 Å². The van der Waals surface area contributed by atoms with Gasteiger partial charge in [0.05, 0.1) is 0 Å². The highest BCUT2D eigenvalue weighted by Crippen LogP contribution is 2.48. The van der Waals surface area contributed by atoms with Gasteiger partial charge in [-0.1, -0.05) is 6.92 Å². The maximum absolute atomic E-state index is 10.7. The first-order chi connectivity index (χ1) is 4.81. The zero-order valence-electron chi connectivity index (χ0n) is 6.08. The van der Waals surface area contributed by atoms with Crippen molar-refractivity contribution in [3.8, 4) is 0 Å². The molecule has 2 aliphatic rings. The van der Waals surface area contributed by atoms with E-state index < -0.39 is 10.8 Å². The molecule has 0 radical (unpaired) electrons. The van der Waals surface area contributed by atoms with Crippen molar-refractivity contribution in [2.75, 3.05) is 5.75 Å². The molecule has 2 aliphatic heterocycles. The van der Waals surface area contributed by atoms with Gasteiger partial charge in [-0.25, -0.2) is 0 Å². The Kier molecular flexibility index (Phi) is 1.81. The lowest BCUT2D eigenvalue weighted by Crippen LogP contribution is -1.97. The van der Waals surface area contributed by atoms with Crippen LogP contribution in [0.25, 0.3) is 0 Å². The maximum atomic E-state index is 10.7. The topological polar surface area (TPSA) is 17.1 Å². The molecule has 58 valence electrons. The summed E-state index contributed by atoms with van der Waals surface area (Å²) in [6.07, 6.45) is 2.53. The Morgan fingerprint density at radius 1 is 1.60 bits per heavy atom. The summed E-state index contributed by atoms with van der Waals surface area (Å²) in [6.45, 7) is 2.24. The third-order valence-corrected chi connectivity index (χ3v) is 5.16. The second kappa shape index (κ2) is 2.52. The predicted octanol–water partition coefficient (Wildman–Crippen LogP) is 1.40. The molecule has 2 rings (SSSR count). The largest absolute Gasteiger partial charge is 0.259 e. The fourth-order valence-electron chi connectivity index (χ4n) is 1.32. The molecular weight excluding hydrogens is 164 g/mol. The molecule has 0 aromatic carbocycles. The van der Waals surface area contributed by atoms with Crippen molar-refractivity contribution in [1.29, 1.82) is 0 Å². The standard InChI is InChI=1S/C7H12OS2/c1-2-6-7(9-6)3-5-4-10(5)8/h5-7H,2-4H2,1H3. The Labute approximate surface area is 68.4 Å². The zero-order valence-corrected chi connectivity index (χ0v) is 7.71. The van der Waals surface area contributed by atoms with Gasteiger partial charge in [0, 0.05) is 32.3 Å². The molecule has 10 heavy (non-hydrogen) atoms. The van der Waals surface area contributed by atoms with Gasteiger partial charge in [-0.3, -0.25) is 4.21 Å². The molecular formula is C7H12OS2. The van der Waals surface area contributed by atoms with E-state index in [1.54, 1.807) is 0 Å². The van der Waals surface area contributed by atoms with E-state index >= 15 is 0 Å². The van der Waals surface area contributed by atoms with E-state index in [0.717, 1.165) is 16.3 Å². The number of hydrogen-bond acceptors (Lipinski definition) is 2. The number of rotatable bonds is 3. The normalized spacial score (nSPS) is 50.9. The van der Waals surface area contributed by atoms with E-state index in [4.69, 9.17) is 0 Å². The molecule has 2 saturated heterocycles. The monoisotopic (exact) mass is 176 g/mol. The molecule has 0 bridgehead atoms. The molecule has 4 unspecified atom stereocenters. The molecule has 1 nitrogen and oxygen atoms in total. The summed E-state index contributed by atoms with van der Waals surface area (Å²) in [7, 11) is -0.410. The van der Waals surface area contributed by atoms with E-state index in [1.165, 1.54) is 12.8 Å². The summed E-state index contributed by atoms with van der Waals surface area (Å²) in [6, 6.07) is 0. The minimum Gasteiger partial charge on any atom is -0.259 e. The van der Waals surface area contributed by atoms with Gasteiger partial charge in [-0.05, 0) is 12.8 Å². The smallest absolute Gasteiger partial charge is 0.0474 e. The first kappa shape index (κ1) is 7.17. The number of thioether (sulfide) groups is 1. The summed E-state index contributed by atoms with van der Waals surface area (Å²) in [5.41, 5.74) is 0. The van der Waals surface area contributed by atoms with Crippen molar-refractivity contribution in [1.82, 2.24) is 0 Å². The fraction of sp³-hybridized carbons (Fsp3) is 1.00. The van der Waals surface area contributed by atoms with Gasteiger partial charge < -0.3 is 0 Å². The van der Waals surface area contributed by atoms with Gasteiger partial charge in [-0.15, -0.1) is 0 Å². The van der Waals surface area contributed by atoms with Gasteiger partial charge in [0.15, 0.2) is 0 Å². The minimum absolute atomic E-state index is 0.410. The summed E-state index contributed by atoms with van der Waals surface area (Å²) >= 11 is 2.07. The van der Waals surface area contributed by atoms with Crippen LogP contribution in [0.1, 0.15) is 19.8 Å².